The van der Waals surface area contributed by atoms with E-state index in [-0.39, 0.29) is 5.91 Å². The van der Waals surface area contributed by atoms with Crippen molar-refractivity contribution in [2.45, 2.75) is 6.92 Å². The van der Waals surface area contributed by atoms with Gasteiger partial charge in [-0.3, -0.25) is 4.79 Å². The minimum atomic E-state index is -0.417. The molecule has 0 atom stereocenters. The van der Waals surface area contributed by atoms with Crippen LogP contribution in [-0.4, -0.2) is 28.8 Å². The van der Waals surface area contributed by atoms with Crippen molar-refractivity contribution in [3.63, 3.8) is 0 Å². The molecule has 0 spiro atoms. The zero-order valence-corrected chi connectivity index (χ0v) is 8.93. The Hall–Kier alpha value is -2.17. The van der Waals surface area contributed by atoms with Crippen molar-refractivity contribution in [1.29, 1.82) is 0 Å². The van der Waals surface area contributed by atoms with E-state index in [0.717, 1.165) is 5.39 Å². The number of hydrogen-bond acceptors (Lipinski definition) is 4. The van der Waals surface area contributed by atoms with Crippen LogP contribution in [0, 0.1) is 0 Å². The molecule has 1 aromatic carbocycles. The second-order valence-electron chi connectivity index (χ2n) is 3.36. The van der Waals surface area contributed by atoms with Crippen molar-refractivity contribution >= 4 is 22.8 Å². The normalized spacial score (nSPS) is 10.4. The maximum Gasteiger partial charge on any atom is 0.337 e. The molecule has 0 radical (unpaired) electrons. The lowest BCUT2D eigenvalue weighted by Gasteiger charge is -1.97. The Morgan fingerprint density at radius 1 is 1.38 bits per heavy atom. The van der Waals surface area contributed by atoms with Gasteiger partial charge in [-0.05, 0) is 12.1 Å². The predicted octanol–water partition coefficient (Wildman–Crippen LogP) is 1.48. The standard InChI is InChI=1S/C11H10N2O3/c1-7(14)13-6-9-4-3-8(11(15)16-2)5-10(9)12-13/h3-6H,1-2H3. The first-order valence-corrected chi connectivity index (χ1v) is 4.70. The van der Waals surface area contributed by atoms with Gasteiger partial charge in [-0.25, -0.2) is 9.48 Å². The van der Waals surface area contributed by atoms with Gasteiger partial charge >= 0.3 is 5.97 Å². The average molecular weight is 218 g/mol. The van der Waals surface area contributed by atoms with E-state index in [1.54, 1.807) is 24.4 Å². The van der Waals surface area contributed by atoms with Gasteiger partial charge in [0.2, 0.25) is 5.91 Å². The van der Waals surface area contributed by atoms with Gasteiger partial charge in [-0.2, -0.15) is 5.10 Å². The number of aromatic nitrogens is 2. The van der Waals surface area contributed by atoms with Crippen LogP contribution < -0.4 is 0 Å². The van der Waals surface area contributed by atoms with Gasteiger partial charge in [-0.1, -0.05) is 6.07 Å². The molecular formula is C11H10N2O3. The first-order chi connectivity index (χ1) is 7.61. The number of hydrogen-bond donors (Lipinski definition) is 0. The summed E-state index contributed by atoms with van der Waals surface area (Å²) in [5.74, 6) is -0.588. The fraction of sp³-hybridized carbons (Fsp3) is 0.182. The lowest BCUT2D eigenvalue weighted by atomic mass is 10.2. The number of nitrogens with zero attached hydrogens (tertiary/aromatic N) is 2. The van der Waals surface area contributed by atoms with Crippen LogP contribution in [0.4, 0.5) is 0 Å². The number of carbonyl (C=O) groups is 2. The van der Waals surface area contributed by atoms with Gasteiger partial charge in [-0.15, -0.1) is 0 Å². The highest BCUT2D eigenvalue weighted by Gasteiger charge is 2.09. The average Bonchev–Trinajstić information content (AvgIpc) is 2.70. The maximum absolute atomic E-state index is 11.3. The minimum absolute atomic E-state index is 0.171. The van der Waals surface area contributed by atoms with Gasteiger partial charge in [0, 0.05) is 18.5 Å². The molecule has 16 heavy (non-hydrogen) atoms. The first-order valence-electron chi connectivity index (χ1n) is 4.70. The lowest BCUT2D eigenvalue weighted by molar-refractivity contribution is 0.0600. The fourth-order valence-corrected chi connectivity index (χ4v) is 1.42. The molecular weight excluding hydrogens is 208 g/mol. The summed E-state index contributed by atoms with van der Waals surface area (Å²) in [7, 11) is 1.32. The number of fused-ring (bicyclic) bond motifs is 1. The zero-order valence-electron chi connectivity index (χ0n) is 8.93. The van der Waals surface area contributed by atoms with Crippen LogP contribution in [-0.2, 0) is 4.74 Å². The molecule has 0 bridgehead atoms. The van der Waals surface area contributed by atoms with Gasteiger partial charge in [0.25, 0.3) is 0 Å². The Bertz CT molecular complexity index is 572. The topological polar surface area (TPSA) is 61.2 Å². The van der Waals surface area contributed by atoms with Crippen LogP contribution in [0.3, 0.4) is 0 Å². The molecule has 2 aromatic rings. The molecule has 0 saturated heterocycles. The molecule has 0 N–H and O–H groups in total. The molecule has 1 heterocycles. The first kappa shape index (κ1) is 10.4. The smallest absolute Gasteiger partial charge is 0.337 e. The molecule has 0 fully saturated rings. The molecule has 1 aromatic heterocycles. The molecule has 82 valence electrons. The van der Waals surface area contributed by atoms with Crippen molar-refractivity contribution in [3.05, 3.63) is 30.0 Å². The molecule has 0 unspecified atom stereocenters. The second kappa shape index (κ2) is 3.77. The Labute approximate surface area is 91.6 Å². The molecule has 0 aliphatic carbocycles. The van der Waals surface area contributed by atoms with Gasteiger partial charge < -0.3 is 4.74 Å². The molecule has 5 heteroatoms. The molecule has 0 aliphatic heterocycles. The van der Waals surface area contributed by atoms with E-state index in [2.05, 4.69) is 9.84 Å². The van der Waals surface area contributed by atoms with Crippen molar-refractivity contribution in [2.75, 3.05) is 7.11 Å². The van der Waals surface area contributed by atoms with Crippen LogP contribution in [0.25, 0.3) is 10.9 Å². The summed E-state index contributed by atoms with van der Waals surface area (Å²) in [6.07, 6.45) is 1.62. The SMILES string of the molecule is COC(=O)c1ccc2cn(C(C)=O)nc2c1. The lowest BCUT2D eigenvalue weighted by Crippen LogP contribution is -2.05. The van der Waals surface area contributed by atoms with Crippen molar-refractivity contribution < 1.29 is 14.3 Å². The summed E-state index contributed by atoms with van der Waals surface area (Å²) in [5.41, 5.74) is 1.02. The van der Waals surface area contributed by atoms with Crippen molar-refractivity contribution in [2.24, 2.45) is 0 Å². The summed E-state index contributed by atoms with van der Waals surface area (Å²) in [5, 5.41) is 4.86. The van der Waals surface area contributed by atoms with Crippen LogP contribution >= 0.6 is 0 Å². The summed E-state index contributed by atoms with van der Waals surface area (Å²) in [6, 6.07) is 4.97. The Morgan fingerprint density at radius 2 is 2.12 bits per heavy atom. The Kier molecular flexibility index (Phi) is 2.44. The molecule has 2 rings (SSSR count). The Morgan fingerprint density at radius 3 is 2.75 bits per heavy atom. The third-order valence-corrected chi connectivity index (χ3v) is 2.25. The number of esters is 1. The van der Waals surface area contributed by atoms with Crippen LogP contribution in [0.15, 0.2) is 24.4 Å². The molecule has 0 saturated carbocycles. The monoisotopic (exact) mass is 218 g/mol. The third-order valence-electron chi connectivity index (χ3n) is 2.25. The fourth-order valence-electron chi connectivity index (χ4n) is 1.42. The number of rotatable bonds is 1. The summed E-state index contributed by atoms with van der Waals surface area (Å²) >= 11 is 0. The number of benzene rings is 1. The van der Waals surface area contributed by atoms with Gasteiger partial charge in [0.15, 0.2) is 0 Å². The molecule has 5 nitrogen and oxygen atoms in total. The number of methoxy groups -OCH3 is 1. The van der Waals surface area contributed by atoms with Crippen LogP contribution in [0.2, 0.25) is 0 Å². The molecule has 0 aliphatic rings. The van der Waals surface area contributed by atoms with E-state index in [1.807, 2.05) is 0 Å². The van der Waals surface area contributed by atoms with Crippen molar-refractivity contribution in [3.8, 4) is 0 Å². The van der Waals surface area contributed by atoms with Crippen molar-refractivity contribution in [1.82, 2.24) is 9.78 Å². The van der Waals surface area contributed by atoms with E-state index < -0.39 is 5.97 Å². The number of ether oxygens (including phenoxy) is 1. The predicted molar refractivity (Wildman–Crippen MR) is 57.4 cm³/mol. The van der Waals surface area contributed by atoms with E-state index in [4.69, 9.17) is 0 Å². The van der Waals surface area contributed by atoms with E-state index in [9.17, 15) is 9.59 Å². The largest absolute Gasteiger partial charge is 0.465 e. The highest BCUT2D eigenvalue weighted by Crippen LogP contribution is 2.14. The third kappa shape index (κ3) is 1.67. The minimum Gasteiger partial charge on any atom is -0.465 e. The van der Waals surface area contributed by atoms with Crippen LogP contribution in [0.5, 0.6) is 0 Å². The number of carbonyl (C=O) groups excluding carboxylic acids is 2. The Balaban J connectivity index is 2.53. The van der Waals surface area contributed by atoms with E-state index in [0.29, 0.717) is 11.1 Å². The summed E-state index contributed by atoms with van der Waals surface area (Å²) in [4.78, 5) is 22.4. The molecule has 0 amide bonds. The van der Waals surface area contributed by atoms with Gasteiger partial charge in [0.05, 0.1) is 18.2 Å². The van der Waals surface area contributed by atoms with Gasteiger partial charge in [0.1, 0.15) is 0 Å². The van der Waals surface area contributed by atoms with E-state index in [1.165, 1.54) is 18.7 Å². The van der Waals surface area contributed by atoms with Crippen LogP contribution in [0.1, 0.15) is 22.1 Å². The second-order valence-corrected chi connectivity index (χ2v) is 3.36. The maximum atomic E-state index is 11.3. The highest BCUT2D eigenvalue weighted by atomic mass is 16.5. The highest BCUT2D eigenvalue weighted by molar-refractivity contribution is 5.94. The quantitative estimate of drug-likeness (QED) is 0.680. The summed E-state index contributed by atoms with van der Waals surface area (Å²) in [6.45, 7) is 1.42. The zero-order chi connectivity index (χ0) is 11.7. The van der Waals surface area contributed by atoms with E-state index >= 15 is 0 Å². The summed E-state index contributed by atoms with van der Waals surface area (Å²) < 4.78 is 5.84.